The van der Waals surface area contributed by atoms with Crippen LogP contribution in [0.25, 0.3) is 0 Å². The first kappa shape index (κ1) is 7.13. The standard InChI is InChI=1S/C7H13NS/c1-7(2,3)6-4-5-8-9-6/h5-6H,4H2,1-3H3. The number of hydrogen-bond acceptors (Lipinski definition) is 2. The molecule has 1 unspecified atom stereocenters. The van der Waals surface area contributed by atoms with Gasteiger partial charge in [0, 0.05) is 11.5 Å². The molecule has 9 heavy (non-hydrogen) atoms. The van der Waals surface area contributed by atoms with Crippen LogP contribution in [0.15, 0.2) is 4.40 Å². The van der Waals surface area contributed by atoms with Gasteiger partial charge >= 0.3 is 0 Å². The third kappa shape index (κ3) is 1.71. The van der Waals surface area contributed by atoms with Crippen LogP contribution in [0.3, 0.4) is 0 Å². The predicted octanol–water partition coefficient (Wildman–Crippen LogP) is 2.52. The van der Waals surface area contributed by atoms with E-state index < -0.39 is 0 Å². The van der Waals surface area contributed by atoms with E-state index in [0.717, 1.165) is 6.42 Å². The minimum Gasteiger partial charge on any atom is -0.229 e. The maximum atomic E-state index is 4.12. The van der Waals surface area contributed by atoms with Crippen molar-refractivity contribution in [2.45, 2.75) is 32.4 Å². The molecule has 1 rings (SSSR count). The van der Waals surface area contributed by atoms with E-state index in [1.54, 1.807) is 11.9 Å². The van der Waals surface area contributed by atoms with Crippen LogP contribution in [0.1, 0.15) is 27.2 Å². The fourth-order valence-corrected chi connectivity index (χ4v) is 1.62. The molecule has 2 heteroatoms. The van der Waals surface area contributed by atoms with Gasteiger partial charge in [-0.15, -0.1) is 0 Å². The Morgan fingerprint density at radius 1 is 1.56 bits per heavy atom. The Labute approximate surface area is 61.1 Å². The topological polar surface area (TPSA) is 12.4 Å². The van der Waals surface area contributed by atoms with Crippen LogP contribution in [0.2, 0.25) is 0 Å². The lowest BCUT2D eigenvalue weighted by Gasteiger charge is -2.23. The highest BCUT2D eigenvalue weighted by Crippen LogP contribution is 2.35. The Morgan fingerprint density at radius 3 is 2.44 bits per heavy atom. The molecule has 0 aromatic carbocycles. The minimum absolute atomic E-state index is 0.418. The van der Waals surface area contributed by atoms with Gasteiger partial charge < -0.3 is 0 Å². The van der Waals surface area contributed by atoms with E-state index in [9.17, 15) is 0 Å². The molecule has 0 fully saturated rings. The summed E-state index contributed by atoms with van der Waals surface area (Å²) in [6.45, 7) is 6.79. The molecule has 1 aliphatic rings. The van der Waals surface area contributed by atoms with E-state index in [1.165, 1.54) is 0 Å². The van der Waals surface area contributed by atoms with Gasteiger partial charge in [0.05, 0.1) is 0 Å². The van der Waals surface area contributed by atoms with Crippen LogP contribution >= 0.6 is 11.9 Å². The molecule has 52 valence electrons. The number of hydrogen-bond donors (Lipinski definition) is 0. The van der Waals surface area contributed by atoms with Gasteiger partial charge in [0.15, 0.2) is 0 Å². The fraction of sp³-hybridized carbons (Fsp3) is 0.857. The largest absolute Gasteiger partial charge is 0.229 e. The van der Waals surface area contributed by atoms with Gasteiger partial charge in [-0.05, 0) is 23.8 Å². The van der Waals surface area contributed by atoms with Crippen LogP contribution in [0, 0.1) is 5.41 Å². The second kappa shape index (κ2) is 2.33. The summed E-state index contributed by atoms with van der Waals surface area (Å²) < 4.78 is 4.12. The van der Waals surface area contributed by atoms with Crippen molar-refractivity contribution in [3.05, 3.63) is 0 Å². The number of rotatable bonds is 0. The zero-order chi connectivity index (χ0) is 6.91. The molecule has 0 saturated heterocycles. The van der Waals surface area contributed by atoms with E-state index >= 15 is 0 Å². The smallest absolute Gasteiger partial charge is 0.0364 e. The first-order valence-electron chi connectivity index (χ1n) is 3.28. The monoisotopic (exact) mass is 143 g/mol. The molecular weight excluding hydrogens is 130 g/mol. The van der Waals surface area contributed by atoms with Crippen LogP contribution in [0.4, 0.5) is 0 Å². The van der Waals surface area contributed by atoms with Crippen LogP contribution in [-0.4, -0.2) is 11.5 Å². The molecule has 0 bridgehead atoms. The second-order valence-corrected chi connectivity index (χ2v) is 4.47. The molecule has 0 amide bonds. The van der Waals surface area contributed by atoms with E-state index in [2.05, 4.69) is 25.2 Å². The lowest BCUT2D eigenvalue weighted by Crippen LogP contribution is -2.20. The third-order valence-corrected chi connectivity index (χ3v) is 2.97. The average Bonchev–Trinajstić information content (AvgIpc) is 2.08. The number of nitrogens with zero attached hydrogens (tertiary/aromatic N) is 1. The first-order valence-corrected chi connectivity index (χ1v) is 4.12. The van der Waals surface area contributed by atoms with E-state index in [4.69, 9.17) is 0 Å². The summed E-state index contributed by atoms with van der Waals surface area (Å²) in [7, 11) is 0. The molecule has 0 N–H and O–H groups in total. The van der Waals surface area contributed by atoms with Crippen molar-refractivity contribution in [1.82, 2.24) is 0 Å². The van der Waals surface area contributed by atoms with Gasteiger partial charge in [-0.1, -0.05) is 20.8 Å². The van der Waals surface area contributed by atoms with Crippen molar-refractivity contribution < 1.29 is 0 Å². The Morgan fingerprint density at radius 2 is 2.22 bits per heavy atom. The lowest BCUT2D eigenvalue weighted by molar-refractivity contribution is 0.403. The molecule has 0 radical (unpaired) electrons. The van der Waals surface area contributed by atoms with Gasteiger partial charge in [0.2, 0.25) is 0 Å². The van der Waals surface area contributed by atoms with Crippen molar-refractivity contribution in [2.75, 3.05) is 0 Å². The van der Waals surface area contributed by atoms with Crippen molar-refractivity contribution in [3.8, 4) is 0 Å². The van der Waals surface area contributed by atoms with Gasteiger partial charge in [-0.3, -0.25) is 0 Å². The minimum atomic E-state index is 0.418. The Kier molecular flexibility index (Phi) is 1.85. The van der Waals surface area contributed by atoms with Gasteiger partial charge in [-0.2, -0.15) is 0 Å². The molecule has 0 aromatic rings. The van der Waals surface area contributed by atoms with E-state index in [0.29, 0.717) is 10.7 Å². The molecule has 1 atom stereocenters. The SMILES string of the molecule is CC(C)(C)C1CC=NS1. The summed E-state index contributed by atoms with van der Waals surface area (Å²) >= 11 is 1.72. The predicted molar refractivity (Wildman–Crippen MR) is 43.9 cm³/mol. The van der Waals surface area contributed by atoms with E-state index in [1.807, 2.05) is 6.21 Å². The summed E-state index contributed by atoms with van der Waals surface area (Å²) in [6.07, 6.45) is 3.16. The molecule has 0 saturated carbocycles. The van der Waals surface area contributed by atoms with Crippen molar-refractivity contribution >= 4 is 18.2 Å². The molecule has 1 nitrogen and oxygen atoms in total. The molecule has 0 aromatic heterocycles. The summed E-state index contributed by atoms with van der Waals surface area (Å²) in [4.78, 5) is 0. The first-order chi connectivity index (χ1) is 4.11. The summed E-state index contributed by atoms with van der Waals surface area (Å²) in [5.74, 6) is 0. The van der Waals surface area contributed by atoms with Gasteiger partial charge in [-0.25, -0.2) is 4.40 Å². The fourth-order valence-electron chi connectivity index (χ4n) is 0.810. The Balaban J connectivity index is 2.46. The zero-order valence-corrected chi connectivity index (χ0v) is 7.03. The molecule has 0 aliphatic carbocycles. The molecular formula is C7H13NS. The summed E-state index contributed by atoms with van der Waals surface area (Å²) in [5.41, 5.74) is 0.418. The van der Waals surface area contributed by atoms with Crippen LogP contribution in [-0.2, 0) is 0 Å². The maximum Gasteiger partial charge on any atom is 0.0364 e. The Hall–Kier alpha value is 0.0200. The average molecular weight is 143 g/mol. The van der Waals surface area contributed by atoms with Crippen molar-refractivity contribution in [3.63, 3.8) is 0 Å². The van der Waals surface area contributed by atoms with Gasteiger partial charge in [0.25, 0.3) is 0 Å². The second-order valence-electron chi connectivity index (χ2n) is 3.48. The highest BCUT2D eigenvalue weighted by atomic mass is 32.2. The molecule has 1 heterocycles. The third-order valence-electron chi connectivity index (χ3n) is 1.55. The zero-order valence-electron chi connectivity index (χ0n) is 6.22. The van der Waals surface area contributed by atoms with Crippen LogP contribution < -0.4 is 0 Å². The van der Waals surface area contributed by atoms with Crippen molar-refractivity contribution in [2.24, 2.45) is 9.81 Å². The summed E-state index contributed by atoms with van der Waals surface area (Å²) in [5, 5.41) is 0.706. The normalized spacial score (nSPS) is 27.2. The maximum absolute atomic E-state index is 4.12. The highest BCUT2D eigenvalue weighted by molar-refractivity contribution is 7.99. The van der Waals surface area contributed by atoms with E-state index in [-0.39, 0.29) is 0 Å². The quantitative estimate of drug-likeness (QED) is 0.475. The Bertz CT molecular complexity index is 115. The van der Waals surface area contributed by atoms with Crippen LogP contribution in [0.5, 0.6) is 0 Å². The molecule has 0 spiro atoms. The molecule has 1 aliphatic heterocycles. The summed E-state index contributed by atoms with van der Waals surface area (Å²) in [6, 6.07) is 0. The lowest BCUT2D eigenvalue weighted by atomic mass is 9.90. The highest BCUT2D eigenvalue weighted by Gasteiger charge is 2.26. The van der Waals surface area contributed by atoms with Gasteiger partial charge in [0.1, 0.15) is 0 Å². The van der Waals surface area contributed by atoms with Crippen molar-refractivity contribution in [1.29, 1.82) is 0 Å².